The number of carbonyl (C=O) groups excluding carboxylic acids is 3. The summed E-state index contributed by atoms with van der Waals surface area (Å²) < 4.78 is 47.4. The summed E-state index contributed by atoms with van der Waals surface area (Å²) in [5.74, 6) is 1.62. The third kappa shape index (κ3) is 16.3. The van der Waals surface area contributed by atoms with E-state index in [1.807, 2.05) is 70.3 Å². The Labute approximate surface area is 565 Å². The zero-order valence-electron chi connectivity index (χ0n) is 55.1. The fraction of sp³-hybridized carbons (Fsp3) is 0.739. The molecule has 6 aliphatic heterocycles. The highest BCUT2D eigenvalue weighted by atomic mass is 16.6. The summed E-state index contributed by atoms with van der Waals surface area (Å²) in [5.41, 5.74) is 7.36. The van der Waals surface area contributed by atoms with E-state index in [2.05, 4.69) is 87.7 Å². The van der Waals surface area contributed by atoms with Gasteiger partial charge in [0.1, 0.15) is 71.8 Å². The van der Waals surface area contributed by atoms with Crippen molar-refractivity contribution in [3.63, 3.8) is 0 Å². The molecule has 0 radical (unpaired) electrons. The molecule has 27 heteroatoms. The van der Waals surface area contributed by atoms with Crippen LogP contribution in [-0.4, -0.2) is 186 Å². The maximum atomic E-state index is 12.8. The molecule has 0 aromatic carbocycles. The van der Waals surface area contributed by atoms with Crippen LogP contribution >= 0.6 is 0 Å². The van der Waals surface area contributed by atoms with Gasteiger partial charge in [0.15, 0.2) is 0 Å². The number of nitrogens with one attached hydrogen (secondary N) is 3. The zero-order chi connectivity index (χ0) is 64.1. The van der Waals surface area contributed by atoms with Crippen molar-refractivity contribution < 1.29 is 42.8 Å². The van der Waals surface area contributed by atoms with Gasteiger partial charge in [0.05, 0.1) is 74.8 Å². The van der Waals surface area contributed by atoms with E-state index in [-0.39, 0.29) is 113 Å². The Morgan fingerprint density at radius 1 is 0.438 bits per heavy atom. The first-order valence-corrected chi connectivity index (χ1v) is 34.8. The van der Waals surface area contributed by atoms with Gasteiger partial charge in [-0.25, -0.2) is 14.0 Å². The predicted molar refractivity (Wildman–Crippen MR) is 358 cm³/mol. The van der Waals surface area contributed by atoms with Gasteiger partial charge in [-0.3, -0.25) is 28.4 Å². The van der Waals surface area contributed by atoms with Crippen molar-refractivity contribution in [2.45, 2.75) is 265 Å². The zero-order valence-corrected chi connectivity index (χ0v) is 55.1. The van der Waals surface area contributed by atoms with Crippen molar-refractivity contribution in [2.24, 2.45) is 24.8 Å². The van der Waals surface area contributed by atoms with E-state index in [0.29, 0.717) is 56.7 Å². The highest BCUT2D eigenvalue weighted by molar-refractivity contribution is 5.93. The SMILES string of the molecule is C.C.C.CCCn1nc(C(=O)N[C@H]2CO[C@H]3[C@@H]2OC[C@@H]3n2cc(CC3CCCCC3)nn2)cc1C.CCn1nc(C(=O)N[C@H]2CO[C@H]3[C@@H]2OC[C@@H]3n2cc(CC3CCCCC3)nn2)cc1C.Cc1cc(C(=O)N[C@H]2CO[C@@H]3C(n4cc(CC5CCCCC5)nn4)CO[C@H]23)nn1C. The average molecular weight is 1330 g/mol. The smallest absolute Gasteiger partial charge is 0.272 e. The van der Waals surface area contributed by atoms with Gasteiger partial charge in [-0.1, -0.05) is 141 Å². The van der Waals surface area contributed by atoms with Crippen LogP contribution in [0.5, 0.6) is 0 Å². The summed E-state index contributed by atoms with van der Waals surface area (Å²) in [6.45, 7) is 14.3. The second-order valence-electron chi connectivity index (χ2n) is 27.6. The molecule has 3 amide bonds. The molecule has 12 heterocycles. The molecule has 96 heavy (non-hydrogen) atoms. The van der Waals surface area contributed by atoms with Crippen molar-refractivity contribution in [3.05, 3.63) is 88.0 Å². The molecule has 1 unspecified atom stereocenters. The largest absolute Gasteiger partial charge is 0.371 e. The number of hydrogen-bond donors (Lipinski definition) is 3. The molecule has 9 fully saturated rings. The second kappa shape index (κ2) is 32.7. The number of rotatable bonds is 18. The van der Waals surface area contributed by atoms with E-state index in [4.69, 9.17) is 28.4 Å². The highest BCUT2D eigenvalue weighted by Crippen LogP contribution is 2.38. The van der Waals surface area contributed by atoms with Gasteiger partial charge >= 0.3 is 0 Å². The topological polar surface area (TPSA) is 288 Å². The van der Waals surface area contributed by atoms with Crippen LogP contribution in [0.3, 0.4) is 0 Å². The molecular formula is C69H108N18O9. The number of aryl methyl sites for hydroxylation is 6. The van der Waals surface area contributed by atoms with Gasteiger partial charge in [-0.15, -0.1) is 15.3 Å². The highest BCUT2D eigenvalue weighted by Gasteiger charge is 2.52. The van der Waals surface area contributed by atoms with E-state index < -0.39 is 0 Å². The Kier molecular flexibility index (Phi) is 24.5. The number of amides is 3. The first kappa shape index (κ1) is 72.0. The molecule has 6 saturated heterocycles. The minimum Gasteiger partial charge on any atom is -0.371 e. The maximum absolute atomic E-state index is 12.8. The Hall–Kier alpha value is -6.78. The first-order valence-electron chi connectivity index (χ1n) is 34.8. The quantitative estimate of drug-likeness (QED) is 0.0734. The van der Waals surface area contributed by atoms with E-state index in [9.17, 15) is 14.4 Å². The molecule has 9 aliphatic rings. The lowest BCUT2D eigenvalue weighted by atomic mass is 9.86. The van der Waals surface area contributed by atoms with Crippen LogP contribution in [0.4, 0.5) is 0 Å². The number of aromatic nitrogens is 15. The number of fused-ring (bicyclic) bond motifs is 3. The van der Waals surface area contributed by atoms with Crippen LogP contribution in [0.15, 0.2) is 36.8 Å². The summed E-state index contributed by atoms with van der Waals surface area (Å²) in [6.07, 6.45) is 29.0. The fourth-order valence-corrected chi connectivity index (χ4v) is 15.7. The molecule has 27 nitrogen and oxygen atoms in total. The maximum Gasteiger partial charge on any atom is 0.272 e. The molecule has 3 saturated carbocycles. The van der Waals surface area contributed by atoms with Gasteiger partial charge in [0, 0.05) is 55.8 Å². The number of carbonyl (C=O) groups is 3. The third-order valence-corrected chi connectivity index (χ3v) is 20.9. The summed E-state index contributed by atoms with van der Waals surface area (Å²) in [5, 5.41) is 48.6. The molecule has 15 rings (SSSR count). The molecule has 12 atom stereocenters. The lowest BCUT2D eigenvalue weighted by molar-refractivity contribution is 0.0613. The average Bonchev–Trinajstić information content (AvgIpc) is 1.64. The fourth-order valence-electron chi connectivity index (χ4n) is 15.7. The summed E-state index contributed by atoms with van der Waals surface area (Å²) >= 11 is 0. The molecule has 3 aliphatic carbocycles. The van der Waals surface area contributed by atoms with E-state index in [1.54, 1.807) is 10.7 Å². The van der Waals surface area contributed by atoms with Crippen LogP contribution in [0, 0.1) is 38.5 Å². The lowest BCUT2D eigenvalue weighted by Crippen LogP contribution is -2.44. The van der Waals surface area contributed by atoms with Gasteiger partial charge in [0.2, 0.25) is 0 Å². The molecule has 6 aromatic rings. The number of ether oxygens (including phenoxy) is 6. The summed E-state index contributed by atoms with van der Waals surface area (Å²) in [6, 6.07) is 4.81. The van der Waals surface area contributed by atoms with Crippen LogP contribution in [0.2, 0.25) is 0 Å². The Bertz CT molecular complexity index is 3440. The minimum atomic E-state index is -0.199. The molecule has 3 N–H and O–H groups in total. The molecular weight excluding hydrogens is 1220 g/mol. The summed E-state index contributed by atoms with van der Waals surface area (Å²) in [7, 11) is 1.83. The summed E-state index contributed by atoms with van der Waals surface area (Å²) in [4.78, 5) is 38.0. The minimum absolute atomic E-state index is 0. The third-order valence-electron chi connectivity index (χ3n) is 20.9. The van der Waals surface area contributed by atoms with Gasteiger partial charge in [0.25, 0.3) is 17.7 Å². The number of nitrogens with zero attached hydrogens (tertiary/aromatic N) is 15. The van der Waals surface area contributed by atoms with Crippen molar-refractivity contribution in [1.29, 1.82) is 0 Å². The van der Waals surface area contributed by atoms with E-state index in [1.165, 1.54) is 96.3 Å². The molecule has 0 spiro atoms. The standard InChI is InChI=1S/C23H34N6O3.C22H32N6O3.C21H30N6O3.3CH4/c1-3-9-28-15(2)10-18(26-28)23(30)24-19-13-31-22-20(14-32-21(19)22)29-12-17(25-27-29)11-16-7-5-4-6-8-16;1-3-27-14(2)9-17(25-27)22(29)23-18-12-30-21-19(13-31-20(18)21)28-11-16(24-26-28)10-15-7-5-4-6-8-15;1-13-8-16(24-26(13)2)21(28)22-17-11-29-20-18(12-30-19(17)20)27-10-15(23-25-27)9-14-6-4-3-5-7-14;;;/h10,12,16,19-22H,3-9,11,13-14H2,1-2H3,(H,24,30);9,11,15,18-21H,3-8,10,12-13H2,1-2H3,(H,23,29);8,10,14,17-20H,3-7,9,11-12H2,1-2H3,(H,22,28);3*1H4/t19-,20-,21+,22+;18-,19-,20+,21+;17-,18?,19+,20+;;;/m000.../s1. The van der Waals surface area contributed by atoms with Gasteiger partial charge in [-0.05, 0) is 89.3 Å². The van der Waals surface area contributed by atoms with Gasteiger partial charge in [-0.2, -0.15) is 15.3 Å². The first-order chi connectivity index (χ1) is 45.3. The molecule has 0 bridgehead atoms. The van der Waals surface area contributed by atoms with E-state index in [0.717, 1.165) is 90.7 Å². The normalized spacial score (nSPS) is 27.8. The Morgan fingerprint density at radius 2 is 0.760 bits per heavy atom. The van der Waals surface area contributed by atoms with Crippen molar-refractivity contribution in [3.8, 4) is 0 Å². The van der Waals surface area contributed by atoms with Crippen LogP contribution in [0.25, 0.3) is 0 Å². The van der Waals surface area contributed by atoms with Crippen LogP contribution in [-0.2, 0) is 67.8 Å². The Morgan fingerprint density at radius 3 is 1.08 bits per heavy atom. The van der Waals surface area contributed by atoms with Crippen molar-refractivity contribution in [1.82, 2.24) is 90.3 Å². The second-order valence-corrected chi connectivity index (χ2v) is 27.6. The van der Waals surface area contributed by atoms with Crippen LogP contribution < -0.4 is 16.0 Å². The van der Waals surface area contributed by atoms with Crippen LogP contribution in [0.1, 0.15) is 223 Å². The predicted octanol–water partition coefficient (Wildman–Crippen LogP) is 8.00. The Balaban J connectivity index is 0.000000154. The molecule has 528 valence electrons. The van der Waals surface area contributed by atoms with E-state index >= 15 is 0 Å². The van der Waals surface area contributed by atoms with Crippen molar-refractivity contribution in [2.75, 3.05) is 39.6 Å². The monoisotopic (exact) mass is 1330 g/mol. The number of hydrogen-bond acceptors (Lipinski definition) is 18. The molecule has 6 aromatic heterocycles. The van der Waals surface area contributed by atoms with Gasteiger partial charge < -0.3 is 44.4 Å². The van der Waals surface area contributed by atoms with Crippen molar-refractivity contribution >= 4 is 17.7 Å². The lowest BCUT2D eigenvalue weighted by Gasteiger charge is -2.20.